The summed E-state index contributed by atoms with van der Waals surface area (Å²) >= 11 is 1.93. The van der Waals surface area contributed by atoms with Crippen molar-refractivity contribution in [3.63, 3.8) is 0 Å². The smallest absolute Gasteiger partial charge is 0.227 e. The van der Waals surface area contributed by atoms with E-state index in [4.69, 9.17) is 0 Å². The fourth-order valence-electron chi connectivity index (χ4n) is 3.58. The number of fused-ring (bicyclic) bond motifs is 1. The standard InChI is InChI=1S/C16H22N6OS/c1-20-11-19-13-14(20)17-10-18-15(13)22-4-2-3-12(9-22)16(23)21-5-7-24-8-6-21/h10-12H,2-9H2,1H3. The van der Waals surface area contributed by atoms with Crippen molar-refractivity contribution in [3.8, 4) is 0 Å². The first-order chi connectivity index (χ1) is 11.7. The summed E-state index contributed by atoms with van der Waals surface area (Å²) in [5.74, 6) is 3.35. The lowest BCUT2D eigenvalue weighted by Crippen LogP contribution is -2.47. The minimum Gasteiger partial charge on any atom is -0.354 e. The molecule has 4 rings (SSSR count). The normalized spacial score (nSPS) is 22.1. The Kier molecular flexibility index (Phi) is 4.30. The first kappa shape index (κ1) is 15.7. The Labute approximate surface area is 145 Å². The molecule has 128 valence electrons. The van der Waals surface area contributed by atoms with E-state index in [1.54, 1.807) is 12.7 Å². The summed E-state index contributed by atoms with van der Waals surface area (Å²) in [6.45, 7) is 3.42. The summed E-state index contributed by atoms with van der Waals surface area (Å²) in [5.41, 5.74) is 1.66. The van der Waals surface area contributed by atoms with Crippen molar-refractivity contribution < 1.29 is 4.79 Å². The van der Waals surface area contributed by atoms with Gasteiger partial charge in [-0.3, -0.25) is 4.79 Å². The van der Waals surface area contributed by atoms with Gasteiger partial charge in [-0.1, -0.05) is 0 Å². The van der Waals surface area contributed by atoms with Gasteiger partial charge in [0.25, 0.3) is 0 Å². The Morgan fingerprint density at radius 2 is 2.04 bits per heavy atom. The number of hydrogen-bond acceptors (Lipinski definition) is 6. The number of thioether (sulfide) groups is 1. The molecule has 0 radical (unpaired) electrons. The van der Waals surface area contributed by atoms with Gasteiger partial charge in [0.15, 0.2) is 17.0 Å². The van der Waals surface area contributed by atoms with Gasteiger partial charge in [0.2, 0.25) is 5.91 Å². The molecule has 7 nitrogen and oxygen atoms in total. The fraction of sp³-hybridized carbons (Fsp3) is 0.625. The van der Waals surface area contributed by atoms with Crippen LogP contribution in [0.15, 0.2) is 12.7 Å². The molecule has 0 aliphatic carbocycles. The molecule has 0 saturated carbocycles. The molecule has 2 aliphatic rings. The third-order valence-corrected chi connectivity index (χ3v) is 5.81. The lowest BCUT2D eigenvalue weighted by atomic mass is 9.96. The van der Waals surface area contributed by atoms with Gasteiger partial charge in [0.1, 0.15) is 6.33 Å². The van der Waals surface area contributed by atoms with Gasteiger partial charge >= 0.3 is 0 Å². The molecule has 2 aliphatic heterocycles. The molecule has 2 aromatic heterocycles. The summed E-state index contributed by atoms with van der Waals surface area (Å²) in [6, 6.07) is 0. The number of aryl methyl sites for hydroxylation is 1. The number of piperidine rings is 1. The van der Waals surface area contributed by atoms with Crippen LogP contribution in [0.4, 0.5) is 5.82 Å². The van der Waals surface area contributed by atoms with Gasteiger partial charge in [-0.05, 0) is 12.8 Å². The maximum atomic E-state index is 12.8. The number of nitrogens with zero attached hydrogens (tertiary/aromatic N) is 6. The molecule has 0 bridgehead atoms. The summed E-state index contributed by atoms with van der Waals surface area (Å²) < 4.78 is 1.90. The average Bonchev–Trinajstić information content (AvgIpc) is 3.03. The van der Waals surface area contributed by atoms with Crippen molar-refractivity contribution in [1.82, 2.24) is 24.4 Å². The zero-order valence-corrected chi connectivity index (χ0v) is 14.7. The largest absolute Gasteiger partial charge is 0.354 e. The minimum atomic E-state index is 0.0653. The molecule has 1 atom stereocenters. The van der Waals surface area contributed by atoms with Crippen LogP contribution in [-0.2, 0) is 11.8 Å². The SMILES string of the molecule is Cn1cnc2c(N3CCCC(C(=O)N4CCSCC4)C3)ncnc21. The fourth-order valence-corrected chi connectivity index (χ4v) is 4.48. The van der Waals surface area contributed by atoms with E-state index in [1.807, 2.05) is 28.3 Å². The number of anilines is 1. The van der Waals surface area contributed by atoms with E-state index >= 15 is 0 Å². The predicted molar refractivity (Wildman–Crippen MR) is 95.1 cm³/mol. The Morgan fingerprint density at radius 1 is 1.21 bits per heavy atom. The van der Waals surface area contributed by atoms with Crippen LogP contribution in [0.1, 0.15) is 12.8 Å². The quantitative estimate of drug-likeness (QED) is 0.813. The minimum absolute atomic E-state index is 0.0653. The van der Waals surface area contributed by atoms with Crippen LogP contribution in [0.5, 0.6) is 0 Å². The highest BCUT2D eigenvalue weighted by molar-refractivity contribution is 7.99. The Hall–Kier alpha value is -1.83. The molecule has 2 saturated heterocycles. The van der Waals surface area contributed by atoms with Gasteiger partial charge < -0.3 is 14.4 Å². The Morgan fingerprint density at radius 3 is 2.88 bits per heavy atom. The molecular weight excluding hydrogens is 324 g/mol. The van der Waals surface area contributed by atoms with Crippen molar-refractivity contribution in [3.05, 3.63) is 12.7 Å². The molecule has 24 heavy (non-hydrogen) atoms. The Bertz CT molecular complexity index is 741. The van der Waals surface area contributed by atoms with E-state index in [0.29, 0.717) is 5.91 Å². The van der Waals surface area contributed by atoms with Crippen LogP contribution in [0.2, 0.25) is 0 Å². The third-order valence-electron chi connectivity index (χ3n) is 4.87. The number of aromatic nitrogens is 4. The van der Waals surface area contributed by atoms with Crippen molar-refractivity contribution in [2.45, 2.75) is 12.8 Å². The van der Waals surface area contributed by atoms with Crippen LogP contribution >= 0.6 is 11.8 Å². The van der Waals surface area contributed by atoms with Gasteiger partial charge in [0, 0.05) is 44.7 Å². The van der Waals surface area contributed by atoms with E-state index in [2.05, 4.69) is 19.9 Å². The second kappa shape index (κ2) is 6.58. The van der Waals surface area contributed by atoms with E-state index in [9.17, 15) is 4.79 Å². The molecule has 4 heterocycles. The zero-order valence-electron chi connectivity index (χ0n) is 13.9. The maximum absolute atomic E-state index is 12.8. The molecule has 2 fully saturated rings. The second-order valence-electron chi connectivity index (χ2n) is 6.45. The lowest BCUT2D eigenvalue weighted by molar-refractivity contribution is -0.135. The number of imidazole rings is 1. The van der Waals surface area contributed by atoms with Gasteiger partial charge in [-0.2, -0.15) is 11.8 Å². The Balaban J connectivity index is 1.54. The topological polar surface area (TPSA) is 67.2 Å². The zero-order chi connectivity index (χ0) is 16.5. The van der Waals surface area contributed by atoms with E-state index in [1.165, 1.54) is 0 Å². The second-order valence-corrected chi connectivity index (χ2v) is 7.67. The van der Waals surface area contributed by atoms with Crippen LogP contribution < -0.4 is 4.90 Å². The van der Waals surface area contributed by atoms with Gasteiger partial charge in [0.05, 0.1) is 12.2 Å². The molecule has 1 unspecified atom stereocenters. The highest BCUT2D eigenvalue weighted by Gasteiger charge is 2.31. The monoisotopic (exact) mass is 346 g/mol. The number of rotatable bonds is 2. The molecular formula is C16H22N6OS. The number of carbonyl (C=O) groups is 1. The number of hydrogen-bond donors (Lipinski definition) is 0. The summed E-state index contributed by atoms with van der Waals surface area (Å²) in [6.07, 6.45) is 5.33. The van der Waals surface area contributed by atoms with Crippen molar-refractivity contribution >= 4 is 34.7 Å². The average molecular weight is 346 g/mol. The van der Waals surface area contributed by atoms with E-state index in [0.717, 1.165) is 67.5 Å². The summed E-state index contributed by atoms with van der Waals surface area (Å²) in [5, 5.41) is 0. The van der Waals surface area contributed by atoms with E-state index in [-0.39, 0.29) is 5.92 Å². The van der Waals surface area contributed by atoms with Crippen LogP contribution in [0.3, 0.4) is 0 Å². The van der Waals surface area contributed by atoms with Gasteiger partial charge in [-0.25, -0.2) is 15.0 Å². The highest BCUT2D eigenvalue weighted by atomic mass is 32.2. The first-order valence-electron chi connectivity index (χ1n) is 8.47. The molecule has 0 aromatic carbocycles. The molecule has 0 N–H and O–H groups in total. The lowest BCUT2D eigenvalue weighted by Gasteiger charge is -2.36. The van der Waals surface area contributed by atoms with Crippen molar-refractivity contribution in [1.29, 1.82) is 0 Å². The van der Waals surface area contributed by atoms with E-state index < -0.39 is 0 Å². The summed E-state index contributed by atoms with van der Waals surface area (Å²) in [7, 11) is 1.93. The highest BCUT2D eigenvalue weighted by Crippen LogP contribution is 2.27. The third kappa shape index (κ3) is 2.83. The molecule has 2 aromatic rings. The molecule has 1 amide bonds. The number of amides is 1. The first-order valence-corrected chi connectivity index (χ1v) is 9.63. The predicted octanol–water partition coefficient (Wildman–Crippen LogP) is 1.16. The number of carbonyl (C=O) groups excluding carboxylic acids is 1. The van der Waals surface area contributed by atoms with Crippen LogP contribution in [-0.4, -0.2) is 68.0 Å². The van der Waals surface area contributed by atoms with Crippen molar-refractivity contribution in [2.75, 3.05) is 42.6 Å². The van der Waals surface area contributed by atoms with Crippen LogP contribution in [0, 0.1) is 5.92 Å². The van der Waals surface area contributed by atoms with Crippen LogP contribution in [0.25, 0.3) is 11.2 Å². The maximum Gasteiger partial charge on any atom is 0.227 e. The van der Waals surface area contributed by atoms with Crippen molar-refractivity contribution in [2.24, 2.45) is 13.0 Å². The summed E-state index contributed by atoms with van der Waals surface area (Å²) in [4.78, 5) is 30.3. The molecule has 0 spiro atoms. The van der Waals surface area contributed by atoms with Gasteiger partial charge in [-0.15, -0.1) is 0 Å². The molecule has 8 heteroatoms.